The summed E-state index contributed by atoms with van der Waals surface area (Å²) in [5, 5.41) is 24.7. The molecule has 0 saturated heterocycles. The predicted molar refractivity (Wildman–Crippen MR) is 144 cm³/mol. The first kappa shape index (κ1) is 20.6. The first-order valence-electron chi connectivity index (χ1n) is 12.0. The van der Waals surface area contributed by atoms with Gasteiger partial charge in [-0.2, -0.15) is 0 Å². The Morgan fingerprint density at radius 2 is 0.972 bits per heavy atom. The van der Waals surface area contributed by atoms with Gasteiger partial charge in [0.2, 0.25) is 0 Å². The van der Waals surface area contributed by atoms with Crippen molar-refractivity contribution in [2.45, 2.75) is 5.92 Å². The highest BCUT2D eigenvalue weighted by atomic mass is 16.5. The minimum atomic E-state index is -0.149. The molecular formula is C33H22O3. The fourth-order valence-corrected chi connectivity index (χ4v) is 5.56. The van der Waals surface area contributed by atoms with Gasteiger partial charge in [0, 0.05) is 27.8 Å². The minimum Gasteiger partial charge on any atom is -0.507 e. The minimum absolute atomic E-state index is 0.149. The van der Waals surface area contributed by atoms with Crippen LogP contribution in [0.3, 0.4) is 0 Å². The van der Waals surface area contributed by atoms with E-state index in [9.17, 15) is 10.2 Å². The van der Waals surface area contributed by atoms with Crippen molar-refractivity contribution >= 4 is 21.5 Å². The molecule has 36 heavy (non-hydrogen) atoms. The van der Waals surface area contributed by atoms with Crippen LogP contribution in [0.15, 0.2) is 115 Å². The Hall–Kier alpha value is -4.76. The van der Waals surface area contributed by atoms with Crippen molar-refractivity contribution in [1.82, 2.24) is 0 Å². The number of hydrogen-bond acceptors (Lipinski definition) is 3. The first-order valence-corrected chi connectivity index (χ1v) is 12.0. The number of ether oxygens (including phenoxy) is 1. The molecule has 0 fully saturated rings. The van der Waals surface area contributed by atoms with Crippen molar-refractivity contribution in [2.75, 3.05) is 0 Å². The molecule has 0 aromatic heterocycles. The third-order valence-corrected chi connectivity index (χ3v) is 7.23. The molecule has 2 N–H and O–H groups in total. The Labute approximate surface area is 208 Å². The average Bonchev–Trinajstić information content (AvgIpc) is 2.92. The van der Waals surface area contributed by atoms with E-state index in [0.29, 0.717) is 0 Å². The fourth-order valence-electron chi connectivity index (χ4n) is 5.56. The molecule has 0 aliphatic carbocycles. The molecule has 1 aliphatic rings. The zero-order valence-corrected chi connectivity index (χ0v) is 19.3. The van der Waals surface area contributed by atoms with Gasteiger partial charge in [0.1, 0.15) is 23.0 Å². The van der Waals surface area contributed by atoms with Crippen LogP contribution >= 0.6 is 0 Å². The van der Waals surface area contributed by atoms with Gasteiger partial charge in [-0.3, -0.25) is 0 Å². The van der Waals surface area contributed by atoms with Crippen LogP contribution in [0.1, 0.15) is 22.6 Å². The van der Waals surface area contributed by atoms with Gasteiger partial charge in [0.15, 0.2) is 0 Å². The molecule has 1 heterocycles. The van der Waals surface area contributed by atoms with Gasteiger partial charge in [0.05, 0.1) is 0 Å². The highest BCUT2D eigenvalue weighted by molar-refractivity contribution is 5.98. The third kappa shape index (κ3) is 3.06. The second-order valence-corrected chi connectivity index (χ2v) is 9.22. The number of phenols is 2. The summed E-state index contributed by atoms with van der Waals surface area (Å²) in [7, 11) is 0. The van der Waals surface area contributed by atoms with Gasteiger partial charge < -0.3 is 14.9 Å². The highest BCUT2D eigenvalue weighted by Gasteiger charge is 2.32. The summed E-state index contributed by atoms with van der Waals surface area (Å²) in [6.07, 6.45) is 0. The molecule has 0 amide bonds. The summed E-state index contributed by atoms with van der Waals surface area (Å²) < 4.78 is 6.45. The lowest BCUT2D eigenvalue weighted by atomic mass is 9.78. The largest absolute Gasteiger partial charge is 0.507 e. The normalized spacial score (nSPS) is 12.8. The number of fused-ring (bicyclic) bond motifs is 6. The summed E-state index contributed by atoms with van der Waals surface area (Å²) in [6, 6.07) is 38.0. The van der Waals surface area contributed by atoms with Gasteiger partial charge >= 0.3 is 0 Å². The molecule has 172 valence electrons. The van der Waals surface area contributed by atoms with Crippen molar-refractivity contribution in [1.29, 1.82) is 0 Å². The number of aromatic hydroxyl groups is 2. The molecule has 0 spiro atoms. The number of phenolic OH excluding ortho intramolecular Hbond substituents is 2. The molecule has 6 aromatic carbocycles. The lowest BCUT2D eigenvalue weighted by molar-refractivity contribution is 0.455. The quantitative estimate of drug-likeness (QED) is 0.269. The van der Waals surface area contributed by atoms with E-state index in [-0.39, 0.29) is 17.4 Å². The molecule has 7 rings (SSSR count). The van der Waals surface area contributed by atoms with E-state index in [1.54, 1.807) is 12.1 Å². The monoisotopic (exact) mass is 466 g/mol. The Bertz CT molecular complexity index is 1680. The molecular weight excluding hydrogens is 444 g/mol. The molecule has 0 radical (unpaired) electrons. The molecule has 0 bridgehead atoms. The van der Waals surface area contributed by atoms with Crippen LogP contribution in [0.2, 0.25) is 0 Å². The Morgan fingerprint density at radius 1 is 0.444 bits per heavy atom. The predicted octanol–water partition coefficient (Wildman–Crippen LogP) is 8.36. The lowest BCUT2D eigenvalue weighted by Gasteiger charge is -2.31. The zero-order chi connectivity index (χ0) is 24.2. The van der Waals surface area contributed by atoms with Crippen molar-refractivity contribution in [3.8, 4) is 34.1 Å². The Balaban J connectivity index is 1.53. The van der Waals surface area contributed by atoms with Gasteiger partial charge in [0.25, 0.3) is 0 Å². The van der Waals surface area contributed by atoms with Crippen LogP contribution in [0.5, 0.6) is 23.0 Å². The van der Waals surface area contributed by atoms with Crippen molar-refractivity contribution in [3.05, 3.63) is 132 Å². The molecule has 0 unspecified atom stereocenters. The summed E-state index contributed by atoms with van der Waals surface area (Å²) in [5.74, 6) is 1.89. The van der Waals surface area contributed by atoms with Gasteiger partial charge in [-0.15, -0.1) is 0 Å². The van der Waals surface area contributed by atoms with Crippen molar-refractivity contribution < 1.29 is 14.9 Å². The van der Waals surface area contributed by atoms with Crippen LogP contribution in [0, 0.1) is 0 Å². The molecule has 3 heteroatoms. The smallest absolute Gasteiger partial charge is 0.132 e. The van der Waals surface area contributed by atoms with Gasteiger partial charge in [-0.05, 0) is 63.9 Å². The molecule has 0 atom stereocenters. The Kier molecular flexibility index (Phi) is 4.52. The average molecular weight is 467 g/mol. The molecule has 0 saturated carbocycles. The Morgan fingerprint density at radius 3 is 1.53 bits per heavy atom. The van der Waals surface area contributed by atoms with E-state index in [1.165, 1.54) is 5.56 Å². The second-order valence-electron chi connectivity index (χ2n) is 9.22. The van der Waals surface area contributed by atoms with E-state index in [4.69, 9.17) is 4.74 Å². The first-order chi connectivity index (χ1) is 17.7. The summed E-state index contributed by atoms with van der Waals surface area (Å²) in [6.45, 7) is 0. The van der Waals surface area contributed by atoms with E-state index in [2.05, 4.69) is 36.4 Å². The third-order valence-electron chi connectivity index (χ3n) is 7.23. The van der Waals surface area contributed by atoms with Gasteiger partial charge in [-0.1, -0.05) is 78.9 Å². The zero-order valence-electron chi connectivity index (χ0n) is 19.3. The molecule has 3 nitrogen and oxygen atoms in total. The summed E-state index contributed by atoms with van der Waals surface area (Å²) >= 11 is 0. The van der Waals surface area contributed by atoms with E-state index < -0.39 is 0 Å². The van der Waals surface area contributed by atoms with Crippen LogP contribution in [-0.2, 0) is 0 Å². The highest BCUT2D eigenvalue weighted by Crippen LogP contribution is 2.53. The van der Waals surface area contributed by atoms with Crippen LogP contribution in [0.25, 0.3) is 32.7 Å². The number of benzene rings is 6. The summed E-state index contributed by atoms with van der Waals surface area (Å²) in [5.41, 5.74) is 5.46. The number of hydrogen-bond donors (Lipinski definition) is 2. The maximum atomic E-state index is 10.6. The summed E-state index contributed by atoms with van der Waals surface area (Å²) in [4.78, 5) is 0. The SMILES string of the molecule is Oc1cccc2c3c(ccc12)Oc1ccc2c(O)cccc2c1C3c1ccc(-c2ccccc2)cc1. The van der Waals surface area contributed by atoms with Crippen LogP contribution in [-0.4, -0.2) is 10.2 Å². The van der Waals surface area contributed by atoms with Crippen LogP contribution in [0.4, 0.5) is 0 Å². The fraction of sp³-hybridized carbons (Fsp3) is 0.0303. The van der Waals surface area contributed by atoms with E-state index in [0.717, 1.165) is 55.3 Å². The topological polar surface area (TPSA) is 49.7 Å². The van der Waals surface area contributed by atoms with Crippen LogP contribution < -0.4 is 4.74 Å². The van der Waals surface area contributed by atoms with E-state index in [1.807, 2.05) is 66.7 Å². The molecule has 6 aromatic rings. The second kappa shape index (κ2) is 7.89. The molecule has 1 aliphatic heterocycles. The van der Waals surface area contributed by atoms with Crippen molar-refractivity contribution in [2.24, 2.45) is 0 Å². The maximum absolute atomic E-state index is 10.6. The maximum Gasteiger partial charge on any atom is 0.132 e. The standard InChI is InChI=1S/C33H22O3/c34-27-10-4-8-25-23(27)16-18-29-32(25)31(22-14-12-21(13-15-22)20-6-2-1-3-7-20)33-26-9-5-11-28(35)24(26)17-19-30(33)36-29/h1-19,31,34-35H. The number of rotatable bonds is 2. The van der Waals surface area contributed by atoms with Gasteiger partial charge in [-0.25, -0.2) is 0 Å². The van der Waals surface area contributed by atoms with Crippen molar-refractivity contribution in [3.63, 3.8) is 0 Å². The van der Waals surface area contributed by atoms with E-state index >= 15 is 0 Å². The lowest BCUT2D eigenvalue weighted by Crippen LogP contribution is -2.13.